The van der Waals surface area contributed by atoms with Gasteiger partial charge in [0.2, 0.25) is 5.91 Å². The standard InChI is InChI=1S/C22H33N3O3/c1-28-20-9-7-19(8-10-20)22(27)23-12-13-24-14-16-25(17-15-24)21(26)11-6-18-4-2-3-5-18/h7-10,18H,2-6,11-17H2,1H3,(H,23,27). The number of amides is 2. The molecular weight excluding hydrogens is 354 g/mol. The SMILES string of the molecule is COc1ccc(C(=O)NCCN2CCN(C(=O)CCC3CCCC3)CC2)cc1. The first-order chi connectivity index (χ1) is 13.7. The minimum Gasteiger partial charge on any atom is -0.497 e. The smallest absolute Gasteiger partial charge is 0.251 e. The minimum atomic E-state index is -0.0663. The molecule has 1 saturated carbocycles. The second-order valence-electron chi connectivity index (χ2n) is 7.90. The van der Waals surface area contributed by atoms with E-state index in [1.54, 1.807) is 31.4 Å². The number of piperazine rings is 1. The van der Waals surface area contributed by atoms with Gasteiger partial charge in [-0.1, -0.05) is 25.7 Å². The molecule has 2 fully saturated rings. The zero-order valence-corrected chi connectivity index (χ0v) is 17.0. The van der Waals surface area contributed by atoms with Crippen molar-refractivity contribution < 1.29 is 14.3 Å². The van der Waals surface area contributed by atoms with E-state index in [2.05, 4.69) is 10.2 Å². The molecule has 2 aliphatic rings. The van der Waals surface area contributed by atoms with Crippen molar-refractivity contribution in [3.05, 3.63) is 29.8 Å². The summed E-state index contributed by atoms with van der Waals surface area (Å²) in [5, 5.41) is 2.97. The average molecular weight is 388 g/mol. The van der Waals surface area contributed by atoms with Crippen molar-refractivity contribution in [3.8, 4) is 5.75 Å². The maximum absolute atomic E-state index is 12.4. The van der Waals surface area contributed by atoms with Crippen molar-refractivity contribution in [1.29, 1.82) is 0 Å². The molecule has 2 amide bonds. The topological polar surface area (TPSA) is 61.9 Å². The summed E-state index contributed by atoms with van der Waals surface area (Å²) in [7, 11) is 1.61. The molecule has 6 heteroatoms. The van der Waals surface area contributed by atoms with E-state index in [-0.39, 0.29) is 5.91 Å². The molecule has 1 aromatic carbocycles. The van der Waals surface area contributed by atoms with Crippen LogP contribution in [0, 0.1) is 5.92 Å². The molecule has 0 radical (unpaired) electrons. The predicted octanol–water partition coefficient (Wildman–Crippen LogP) is 2.54. The van der Waals surface area contributed by atoms with Crippen LogP contribution in [0.5, 0.6) is 5.75 Å². The highest BCUT2D eigenvalue weighted by atomic mass is 16.5. The van der Waals surface area contributed by atoms with E-state index >= 15 is 0 Å². The Hall–Kier alpha value is -2.08. The monoisotopic (exact) mass is 387 g/mol. The van der Waals surface area contributed by atoms with Gasteiger partial charge in [0.05, 0.1) is 7.11 Å². The molecular formula is C22H33N3O3. The number of nitrogens with zero attached hydrogens (tertiary/aromatic N) is 2. The highest BCUT2D eigenvalue weighted by Crippen LogP contribution is 2.28. The van der Waals surface area contributed by atoms with E-state index < -0.39 is 0 Å². The third-order valence-corrected chi connectivity index (χ3v) is 6.03. The number of hydrogen-bond donors (Lipinski definition) is 1. The molecule has 0 spiro atoms. The quantitative estimate of drug-likeness (QED) is 0.745. The fourth-order valence-corrected chi connectivity index (χ4v) is 4.18. The molecule has 1 N–H and O–H groups in total. The molecule has 3 rings (SSSR count). The van der Waals surface area contributed by atoms with Crippen LogP contribution in [0.4, 0.5) is 0 Å². The van der Waals surface area contributed by atoms with Gasteiger partial charge in [0.15, 0.2) is 0 Å². The Morgan fingerprint density at radius 1 is 1.07 bits per heavy atom. The molecule has 154 valence electrons. The lowest BCUT2D eigenvalue weighted by Gasteiger charge is -2.35. The van der Waals surface area contributed by atoms with Crippen LogP contribution in [-0.2, 0) is 4.79 Å². The molecule has 1 aliphatic heterocycles. The third kappa shape index (κ3) is 5.96. The maximum Gasteiger partial charge on any atom is 0.251 e. The van der Waals surface area contributed by atoms with E-state index in [1.165, 1.54) is 25.7 Å². The first-order valence-electron chi connectivity index (χ1n) is 10.6. The van der Waals surface area contributed by atoms with Crippen molar-refractivity contribution in [2.45, 2.75) is 38.5 Å². The van der Waals surface area contributed by atoms with Gasteiger partial charge in [0.25, 0.3) is 5.91 Å². The Bertz CT molecular complexity index is 633. The van der Waals surface area contributed by atoms with Gasteiger partial charge >= 0.3 is 0 Å². The van der Waals surface area contributed by atoms with E-state index in [4.69, 9.17) is 4.74 Å². The Morgan fingerprint density at radius 3 is 2.39 bits per heavy atom. The number of benzene rings is 1. The van der Waals surface area contributed by atoms with Crippen molar-refractivity contribution in [1.82, 2.24) is 15.1 Å². The van der Waals surface area contributed by atoms with Gasteiger partial charge in [-0.15, -0.1) is 0 Å². The number of hydrogen-bond acceptors (Lipinski definition) is 4. The third-order valence-electron chi connectivity index (χ3n) is 6.03. The van der Waals surface area contributed by atoms with Crippen LogP contribution in [0.2, 0.25) is 0 Å². The summed E-state index contributed by atoms with van der Waals surface area (Å²) in [6.45, 7) is 4.79. The number of carbonyl (C=O) groups is 2. The summed E-state index contributed by atoms with van der Waals surface area (Å²) < 4.78 is 5.11. The number of nitrogens with one attached hydrogen (secondary N) is 1. The number of ether oxygens (including phenoxy) is 1. The van der Waals surface area contributed by atoms with Gasteiger partial charge < -0.3 is 15.0 Å². The van der Waals surface area contributed by atoms with Crippen molar-refractivity contribution in [2.24, 2.45) is 5.92 Å². The number of rotatable bonds is 8. The maximum atomic E-state index is 12.4. The molecule has 1 saturated heterocycles. The Labute approximate surface area is 168 Å². The minimum absolute atomic E-state index is 0.0663. The van der Waals surface area contributed by atoms with Crippen LogP contribution in [0.25, 0.3) is 0 Å². The summed E-state index contributed by atoms with van der Waals surface area (Å²) in [4.78, 5) is 28.9. The van der Waals surface area contributed by atoms with Gasteiger partial charge in [-0.05, 0) is 36.6 Å². The summed E-state index contributed by atoms with van der Waals surface area (Å²) in [5.41, 5.74) is 0.637. The van der Waals surface area contributed by atoms with E-state index in [9.17, 15) is 9.59 Å². The Kier molecular flexibility index (Phi) is 7.71. The molecule has 0 unspecified atom stereocenters. The second-order valence-corrected chi connectivity index (χ2v) is 7.90. The fourth-order valence-electron chi connectivity index (χ4n) is 4.18. The highest BCUT2D eigenvalue weighted by molar-refractivity contribution is 5.94. The van der Waals surface area contributed by atoms with Crippen LogP contribution in [-0.4, -0.2) is 68.0 Å². The molecule has 0 bridgehead atoms. The van der Waals surface area contributed by atoms with Crippen LogP contribution >= 0.6 is 0 Å². The summed E-state index contributed by atoms with van der Waals surface area (Å²) in [5.74, 6) is 1.77. The number of methoxy groups -OCH3 is 1. The number of carbonyl (C=O) groups excluding carboxylic acids is 2. The van der Waals surface area contributed by atoms with Crippen molar-refractivity contribution in [2.75, 3.05) is 46.4 Å². The van der Waals surface area contributed by atoms with Gasteiger partial charge in [0, 0.05) is 51.3 Å². The highest BCUT2D eigenvalue weighted by Gasteiger charge is 2.22. The average Bonchev–Trinajstić information content (AvgIpc) is 3.26. The molecule has 1 heterocycles. The van der Waals surface area contributed by atoms with Crippen LogP contribution in [0.15, 0.2) is 24.3 Å². The van der Waals surface area contributed by atoms with Gasteiger partial charge in [-0.3, -0.25) is 14.5 Å². The van der Waals surface area contributed by atoms with Gasteiger partial charge in [0.1, 0.15) is 5.75 Å². The largest absolute Gasteiger partial charge is 0.497 e. The summed E-state index contributed by atoms with van der Waals surface area (Å²) in [6, 6.07) is 7.12. The molecule has 0 atom stereocenters. The molecule has 6 nitrogen and oxygen atoms in total. The van der Waals surface area contributed by atoms with Gasteiger partial charge in [-0.25, -0.2) is 0 Å². The van der Waals surface area contributed by atoms with Crippen molar-refractivity contribution >= 4 is 11.8 Å². The second kappa shape index (κ2) is 10.5. The zero-order valence-electron chi connectivity index (χ0n) is 17.0. The molecule has 1 aliphatic carbocycles. The lowest BCUT2D eigenvalue weighted by Crippen LogP contribution is -2.50. The van der Waals surface area contributed by atoms with Crippen LogP contribution in [0.1, 0.15) is 48.9 Å². The summed E-state index contributed by atoms with van der Waals surface area (Å²) >= 11 is 0. The van der Waals surface area contributed by atoms with E-state index in [1.807, 2.05) is 4.90 Å². The molecule has 1 aromatic rings. The fraction of sp³-hybridized carbons (Fsp3) is 0.636. The lowest BCUT2D eigenvalue weighted by atomic mass is 10.0. The van der Waals surface area contributed by atoms with Gasteiger partial charge in [-0.2, -0.15) is 0 Å². The normalized spacial score (nSPS) is 18.2. The predicted molar refractivity (Wildman–Crippen MR) is 110 cm³/mol. The Morgan fingerprint density at radius 2 is 1.75 bits per heavy atom. The van der Waals surface area contributed by atoms with E-state index in [0.29, 0.717) is 24.4 Å². The molecule has 0 aromatic heterocycles. The molecule has 28 heavy (non-hydrogen) atoms. The van der Waals surface area contributed by atoms with E-state index in [0.717, 1.165) is 50.8 Å². The van der Waals surface area contributed by atoms with Crippen LogP contribution in [0.3, 0.4) is 0 Å². The van der Waals surface area contributed by atoms with Crippen LogP contribution < -0.4 is 10.1 Å². The zero-order chi connectivity index (χ0) is 19.8. The lowest BCUT2D eigenvalue weighted by molar-refractivity contribution is -0.133. The Balaban J connectivity index is 1.30. The van der Waals surface area contributed by atoms with Crippen molar-refractivity contribution in [3.63, 3.8) is 0 Å². The first-order valence-corrected chi connectivity index (χ1v) is 10.6. The first kappa shape index (κ1) is 20.6. The summed E-state index contributed by atoms with van der Waals surface area (Å²) in [6.07, 6.45) is 7.07.